The number of nitrogens with zero attached hydrogens (tertiary/aromatic N) is 2. The van der Waals surface area contributed by atoms with Gasteiger partial charge in [-0.05, 0) is 38.2 Å². The third kappa shape index (κ3) is 4.35. The van der Waals surface area contributed by atoms with E-state index < -0.39 is 0 Å². The van der Waals surface area contributed by atoms with E-state index in [4.69, 9.17) is 0 Å². The van der Waals surface area contributed by atoms with E-state index in [1.807, 2.05) is 0 Å². The fourth-order valence-corrected chi connectivity index (χ4v) is 2.11. The predicted molar refractivity (Wildman–Crippen MR) is 72.9 cm³/mol. The van der Waals surface area contributed by atoms with Gasteiger partial charge in [0.25, 0.3) is 0 Å². The highest BCUT2D eigenvalue weighted by Gasteiger charge is 2.20. The average molecular weight is 253 g/mol. The molecule has 0 amide bonds. The number of rotatable bonds is 7. The van der Waals surface area contributed by atoms with Crippen LogP contribution >= 0.6 is 0 Å². The zero-order valence-corrected chi connectivity index (χ0v) is 11.8. The van der Waals surface area contributed by atoms with E-state index in [1.54, 1.807) is 6.07 Å². The van der Waals surface area contributed by atoms with Crippen molar-refractivity contribution in [3.63, 3.8) is 0 Å². The Hall–Kier alpha value is -1.00. The second-order valence-electron chi connectivity index (χ2n) is 4.77. The molecule has 1 N–H and O–H groups in total. The summed E-state index contributed by atoms with van der Waals surface area (Å²) in [7, 11) is 2.11. The van der Waals surface area contributed by atoms with Gasteiger partial charge in [-0.2, -0.15) is 0 Å². The smallest absolute Gasteiger partial charge is 0.141 e. The first-order chi connectivity index (χ1) is 8.58. The van der Waals surface area contributed by atoms with Crippen molar-refractivity contribution in [2.24, 2.45) is 5.92 Å². The lowest BCUT2D eigenvalue weighted by Crippen LogP contribution is -2.34. The molecule has 0 aromatic carbocycles. The maximum atomic E-state index is 12.9. The maximum Gasteiger partial charge on any atom is 0.141 e. The summed E-state index contributed by atoms with van der Waals surface area (Å²) >= 11 is 0. The second-order valence-corrected chi connectivity index (χ2v) is 4.77. The predicted octanol–water partition coefficient (Wildman–Crippen LogP) is 2.46. The lowest BCUT2D eigenvalue weighted by Gasteiger charge is -2.28. The number of aromatic nitrogens is 1. The fraction of sp³-hybridized carbons (Fsp3) is 0.643. The lowest BCUT2D eigenvalue weighted by molar-refractivity contribution is 0.254. The van der Waals surface area contributed by atoms with Gasteiger partial charge in [-0.25, -0.2) is 4.39 Å². The topological polar surface area (TPSA) is 28.2 Å². The van der Waals surface area contributed by atoms with Crippen molar-refractivity contribution >= 4 is 0 Å². The third-order valence-electron chi connectivity index (χ3n) is 3.20. The molecule has 1 heterocycles. The Kier molecular flexibility index (Phi) is 6.22. The van der Waals surface area contributed by atoms with Crippen LogP contribution in [0.15, 0.2) is 18.3 Å². The molecule has 0 saturated carbocycles. The zero-order valence-electron chi connectivity index (χ0n) is 11.8. The van der Waals surface area contributed by atoms with Crippen LogP contribution in [0.5, 0.6) is 0 Å². The molecule has 0 aliphatic heterocycles. The summed E-state index contributed by atoms with van der Waals surface area (Å²) in [4.78, 5) is 6.47. The van der Waals surface area contributed by atoms with Crippen molar-refractivity contribution in [3.05, 3.63) is 29.8 Å². The van der Waals surface area contributed by atoms with Crippen molar-refractivity contribution in [2.45, 2.75) is 26.8 Å². The minimum Gasteiger partial charge on any atom is -0.309 e. The van der Waals surface area contributed by atoms with Gasteiger partial charge in [0.1, 0.15) is 5.82 Å². The molecule has 0 radical (unpaired) electrons. The van der Waals surface area contributed by atoms with Gasteiger partial charge in [-0.15, -0.1) is 0 Å². The minimum absolute atomic E-state index is 0.171. The van der Waals surface area contributed by atoms with Crippen LogP contribution in [-0.2, 0) is 0 Å². The van der Waals surface area contributed by atoms with E-state index in [0.717, 1.165) is 25.3 Å². The number of hydrogen-bond acceptors (Lipinski definition) is 3. The summed E-state index contributed by atoms with van der Waals surface area (Å²) < 4.78 is 12.9. The van der Waals surface area contributed by atoms with Crippen LogP contribution in [0.25, 0.3) is 0 Å². The molecule has 2 atom stereocenters. The molecule has 1 aromatic heterocycles. The molecule has 1 rings (SSSR count). The number of hydrogen-bond donors (Lipinski definition) is 1. The Bertz CT molecular complexity index is 339. The molecule has 0 spiro atoms. The van der Waals surface area contributed by atoms with Crippen molar-refractivity contribution in [2.75, 3.05) is 26.7 Å². The highest BCUT2D eigenvalue weighted by Crippen LogP contribution is 2.21. The van der Waals surface area contributed by atoms with Gasteiger partial charge in [0.15, 0.2) is 0 Å². The molecular formula is C14H24FN3. The van der Waals surface area contributed by atoms with E-state index in [0.29, 0.717) is 5.92 Å². The molecule has 4 heteroatoms. The zero-order chi connectivity index (χ0) is 13.5. The van der Waals surface area contributed by atoms with Crippen LogP contribution in [0.1, 0.15) is 32.5 Å². The molecule has 0 aliphatic rings. The highest BCUT2D eigenvalue weighted by atomic mass is 19.1. The van der Waals surface area contributed by atoms with Crippen molar-refractivity contribution < 1.29 is 4.39 Å². The molecule has 3 nitrogen and oxygen atoms in total. The highest BCUT2D eigenvalue weighted by molar-refractivity contribution is 5.11. The Labute approximate surface area is 109 Å². The van der Waals surface area contributed by atoms with E-state index in [-0.39, 0.29) is 11.9 Å². The standard InChI is InChI=1S/C14H24FN3/c1-5-16-14(11(3)10-18(4)6-2)13-8-7-12(15)9-17-13/h7-9,11,14,16H,5-6,10H2,1-4H3. The summed E-state index contributed by atoms with van der Waals surface area (Å²) in [5.74, 6) is 0.139. The quantitative estimate of drug-likeness (QED) is 0.809. The molecular weight excluding hydrogens is 229 g/mol. The molecule has 102 valence electrons. The van der Waals surface area contributed by atoms with Crippen LogP contribution in [-0.4, -0.2) is 36.6 Å². The van der Waals surface area contributed by atoms with Crippen LogP contribution in [0, 0.1) is 11.7 Å². The third-order valence-corrected chi connectivity index (χ3v) is 3.20. The normalized spacial score (nSPS) is 14.8. The average Bonchev–Trinajstić information content (AvgIpc) is 2.37. The van der Waals surface area contributed by atoms with Crippen LogP contribution < -0.4 is 5.32 Å². The Morgan fingerprint density at radius 3 is 2.61 bits per heavy atom. The van der Waals surface area contributed by atoms with Crippen LogP contribution in [0.4, 0.5) is 4.39 Å². The molecule has 0 aliphatic carbocycles. The maximum absolute atomic E-state index is 12.9. The monoisotopic (exact) mass is 253 g/mol. The molecule has 0 fully saturated rings. The summed E-state index contributed by atoms with van der Waals surface area (Å²) in [5.41, 5.74) is 0.912. The minimum atomic E-state index is -0.285. The largest absolute Gasteiger partial charge is 0.309 e. The van der Waals surface area contributed by atoms with E-state index in [2.05, 4.69) is 43.0 Å². The van der Waals surface area contributed by atoms with Gasteiger partial charge in [0, 0.05) is 6.54 Å². The second kappa shape index (κ2) is 7.44. The van der Waals surface area contributed by atoms with E-state index in [1.165, 1.54) is 12.3 Å². The Morgan fingerprint density at radius 2 is 2.11 bits per heavy atom. The van der Waals surface area contributed by atoms with E-state index in [9.17, 15) is 4.39 Å². The van der Waals surface area contributed by atoms with Gasteiger partial charge >= 0.3 is 0 Å². The van der Waals surface area contributed by atoms with Gasteiger partial charge in [-0.3, -0.25) is 4.98 Å². The summed E-state index contributed by atoms with van der Waals surface area (Å²) in [6.45, 7) is 9.32. The van der Waals surface area contributed by atoms with Gasteiger partial charge in [0.2, 0.25) is 0 Å². The van der Waals surface area contributed by atoms with Gasteiger partial charge in [-0.1, -0.05) is 20.8 Å². The number of nitrogens with one attached hydrogen (secondary N) is 1. The van der Waals surface area contributed by atoms with Gasteiger partial charge < -0.3 is 10.2 Å². The first-order valence-electron chi connectivity index (χ1n) is 6.61. The first-order valence-corrected chi connectivity index (χ1v) is 6.61. The van der Waals surface area contributed by atoms with Crippen molar-refractivity contribution in [3.8, 4) is 0 Å². The summed E-state index contributed by atoms with van der Waals surface area (Å²) in [5, 5.41) is 3.44. The van der Waals surface area contributed by atoms with Crippen molar-refractivity contribution in [1.29, 1.82) is 0 Å². The number of pyridine rings is 1. The SMILES string of the molecule is CCNC(c1ccc(F)cn1)C(C)CN(C)CC. The summed E-state index contributed by atoms with van der Waals surface area (Å²) in [6.07, 6.45) is 1.29. The Morgan fingerprint density at radius 1 is 1.39 bits per heavy atom. The summed E-state index contributed by atoms with van der Waals surface area (Å²) in [6, 6.07) is 3.42. The lowest BCUT2D eigenvalue weighted by atomic mass is 9.97. The molecule has 18 heavy (non-hydrogen) atoms. The van der Waals surface area contributed by atoms with Crippen LogP contribution in [0.2, 0.25) is 0 Å². The number of halogens is 1. The van der Waals surface area contributed by atoms with Crippen LogP contribution in [0.3, 0.4) is 0 Å². The van der Waals surface area contributed by atoms with E-state index >= 15 is 0 Å². The Balaban J connectivity index is 2.77. The molecule has 1 aromatic rings. The molecule has 2 unspecified atom stereocenters. The molecule has 0 saturated heterocycles. The molecule has 0 bridgehead atoms. The van der Waals surface area contributed by atoms with Gasteiger partial charge in [0.05, 0.1) is 17.9 Å². The fourth-order valence-electron chi connectivity index (χ4n) is 2.11. The first kappa shape index (κ1) is 15.1. The van der Waals surface area contributed by atoms with Crippen molar-refractivity contribution in [1.82, 2.24) is 15.2 Å².